The van der Waals surface area contributed by atoms with Crippen molar-refractivity contribution >= 4 is 23.7 Å². The number of hydrogen-bond acceptors (Lipinski definition) is 7. The summed E-state index contributed by atoms with van der Waals surface area (Å²) in [6.07, 6.45) is 16.0. The first-order valence-corrected chi connectivity index (χ1v) is 10.9. The van der Waals surface area contributed by atoms with Gasteiger partial charge in [-0.1, -0.05) is 44.1 Å². The van der Waals surface area contributed by atoms with Gasteiger partial charge in [-0.3, -0.25) is 19.2 Å². The predicted octanol–water partition coefficient (Wildman–Crippen LogP) is 4.32. The van der Waals surface area contributed by atoms with Gasteiger partial charge in [0.15, 0.2) is 11.4 Å². The van der Waals surface area contributed by atoms with Gasteiger partial charge < -0.3 is 14.2 Å². The van der Waals surface area contributed by atoms with Crippen LogP contribution >= 0.6 is 0 Å². The van der Waals surface area contributed by atoms with E-state index in [4.69, 9.17) is 9.47 Å². The molecule has 1 rings (SSSR count). The Balaban J connectivity index is 3.02. The lowest BCUT2D eigenvalue weighted by Crippen LogP contribution is -2.33. The van der Waals surface area contributed by atoms with Crippen molar-refractivity contribution in [1.82, 2.24) is 0 Å². The Morgan fingerprint density at radius 1 is 1.12 bits per heavy atom. The number of carbonyl (C=O) groups is 4. The zero-order chi connectivity index (χ0) is 24.0. The van der Waals surface area contributed by atoms with Gasteiger partial charge in [0, 0.05) is 32.3 Å². The van der Waals surface area contributed by atoms with Gasteiger partial charge in [0.05, 0.1) is 7.11 Å². The quantitative estimate of drug-likeness (QED) is 0.137. The summed E-state index contributed by atoms with van der Waals surface area (Å²) < 4.78 is 15.4. The predicted molar refractivity (Wildman–Crippen MR) is 121 cm³/mol. The molecule has 0 heterocycles. The molecule has 0 saturated carbocycles. The van der Waals surface area contributed by atoms with Gasteiger partial charge in [-0.15, -0.1) is 0 Å². The zero-order valence-electron chi connectivity index (χ0n) is 19.4. The molecule has 1 aliphatic rings. The highest BCUT2D eigenvalue weighted by Crippen LogP contribution is 2.34. The minimum Gasteiger partial charge on any atom is -0.469 e. The molecule has 2 atom stereocenters. The molecule has 0 radical (unpaired) electrons. The molecule has 0 aliphatic heterocycles. The van der Waals surface area contributed by atoms with E-state index in [1.165, 1.54) is 27.0 Å². The molecule has 0 unspecified atom stereocenters. The lowest BCUT2D eigenvalue weighted by atomic mass is 9.91. The van der Waals surface area contributed by atoms with Crippen molar-refractivity contribution < 1.29 is 33.4 Å². The number of ether oxygens (including phenoxy) is 3. The molecule has 7 heteroatoms. The van der Waals surface area contributed by atoms with Gasteiger partial charge in [-0.2, -0.15) is 0 Å². The highest BCUT2D eigenvalue weighted by atomic mass is 16.6. The molecule has 0 aromatic heterocycles. The summed E-state index contributed by atoms with van der Waals surface area (Å²) in [6, 6.07) is 0. The topological polar surface area (TPSA) is 96.0 Å². The summed E-state index contributed by atoms with van der Waals surface area (Å²) >= 11 is 0. The maximum atomic E-state index is 12.5. The number of carbonyl (C=O) groups excluding carboxylic acids is 4. The van der Waals surface area contributed by atoms with Crippen LogP contribution < -0.4 is 0 Å². The van der Waals surface area contributed by atoms with Crippen molar-refractivity contribution in [2.45, 2.75) is 77.4 Å². The van der Waals surface area contributed by atoms with E-state index in [0.717, 1.165) is 25.7 Å². The Labute approximate surface area is 190 Å². The molecule has 0 fully saturated rings. The second-order valence-corrected chi connectivity index (χ2v) is 7.58. The van der Waals surface area contributed by atoms with E-state index in [1.54, 1.807) is 24.3 Å². The summed E-state index contributed by atoms with van der Waals surface area (Å²) in [5.41, 5.74) is -0.853. The van der Waals surface area contributed by atoms with Gasteiger partial charge in [-0.25, -0.2) is 0 Å². The summed E-state index contributed by atoms with van der Waals surface area (Å²) in [4.78, 5) is 47.0. The van der Waals surface area contributed by atoms with Crippen molar-refractivity contribution in [1.29, 1.82) is 0 Å². The average Bonchev–Trinajstić information content (AvgIpc) is 3.03. The molecular formula is C25H34O7. The molecule has 0 saturated heterocycles. The first-order valence-electron chi connectivity index (χ1n) is 10.9. The minimum atomic E-state index is -1.17. The van der Waals surface area contributed by atoms with Gasteiger partial charge in [0.2, 0.25) is 0 Å². The fourth-order valence-corrected chi connectivity index (χ4v) is 3.32. The SMILES string of the molecule is CCCCC/C=C\C[C@]1(OC(C)=O)C=CC(=O)/C1=C/C=C/[C@H](CCC(=O)OC)OC(C)=O. The Hall–Kier alpha value is -2.96. The van der Waals surface area contributed by atoms with Crippen LogP contribution in [0.15, 0.2) is 48.1 Å². The van der Waals surface area contributed by atoms with Gasteiger partial charge in [-0.05, 0) is 37.5 Å². The molecule has 32 heavy (non-hydrogen) atoms. The van der Waals surface area contributed by atoms with Gasteiger partial charge >= 0.3 is 17.9 Å². The first kappa shape index (κ1) is 27.1. The van der Waals surface area contributed by atoms with Crippen LogP contribution in [0.5, 0.6) is 0 Å². The number of ketones is 1. The Morgan fingerprint density at radius 3 is 2.50 bits per heavy atom. The molecule has 0 aromatic carbocycles. The normalized spacial score (nSPS) is 20.2. The first-order chi connectivity index (χ1) is 15.2. The average molecular weight is 447 g/mol. The van der Waals surface area contributed by atoms with Crippen LogP contribution in [0.4, 0.5) is 0 Å². The molecule has 0 N–H and O–H groups in total. The van der Waals surface area contributed by atoms with Crippen molar-refractivity contribution in [3.63, 3.8) is 0 Å². The van der Waals surface area contributed by atoms with Crippen molar-refractivity contribution in [3.05, 3.63) is 48.1 Å². The van der Waals surface area contributed by atoms with Crippen molar-refractivity contribution in [2.24, 2.45) is 0 Å². The Bertz CT molecular complexity index is 788. The van der Waals surface area contributed by atoms with Crippen LogP contribution in [0.25, 0.3) is 0 Å². The number of rotatable bonds is 13. The molecular weight excluding hydrogens is 412 g/mol. The Kier molecular flexibility index (Phi) is 12.0. The maximum Gasteiger partial charge on any atom is 0.305 e. The second-order valence-electron chi connectivity index (χ2n) is 7.58. The van der Waals surface area contributed by atoms with E-state index >= 15 is 0 Å². The fraction of sp³-hybridized carbons (Fsp3) is 0.520. The van der Waals surface area contributed by atoms with Crippen LogP contribution in [0.1, 0.15) is 65.7 Å². The lowest BCUT2D eigenvalue weighted by molar-refractivity contribution is -0.149. The Morgan fingerprint density at radius 2 is 1.88 bits per heavy atom. The number of esters is 3. The van der Waals surface area contributed by atoms with Crippen LogP contribution in [0.2, 0.25) is 0 Å². The van der Waals surface area contributed by atoms with E-state index in [0.29, 0.717) is 12.0 Å². The summed E-state index contributed by atoms with van der Waals surface area (Å²) in [5, 5.41) is 0. The number of unbranched alkanes of at least 4 members (excludes halogenated alkanes) is 3. The standard InChI is InChI=1S/C25H34O7/c1-5-6-7-8-9-10-17-25(32-20(3)27)18-16-23(28)22(25)13-11-12-21(31-19(2)26)14-15-24(29)30-4/h9-13,16,18,21H,5-8,14-15,17H2,1-4H3/b10-9-,12-11+,22-13-/t21-,25+/m1/s1. The smallest absolute Gasteiger partial charge is 0.305 e. The van der Waals surface area contributed by atoms with Crippen LogP contribution in [0.3, 0.4) is 0 Å². The third kappa shape index (κ3) is 9.45. The van der Waals surface area contributed by atoms with Crippen LogP contribution in [0, 0.1) is 0 Å². The van der Waals surface area contributed by atoms with E-state index in [2.05, 4.69) is 11.7 Å². The van der Waals surface area contributed by atoms with E-state index < -0.39 is 29.6 Å². The highest BCUT2D eigenvalue weighted by Gasteiger charge is 2.41. The number of methoxy groups -OCH3 is 1. The number of hydrogen-bond donors (Lipinski definition) is 0. The summed E-state index contributed by atoms with van der Waals surface area (Å²) in [6.45, 7) is 4.72. The van der Waals surface area contributed by atoms with Gasteiger partial charge in [0.1, 0.15) is 6.10 Å². The molecule has 0 amide bonds. The summed E-state index contributed by atoms with van der Waals surface area (Å²) in [7, 11) is 1.29. The van der Waals surface area contributed by atoms with E-state index in [9.17, 15) is 19.2 Å². The highest BCUT2D eigenvalue weighted by molar-refractivity contribution is 6.09. The zero-order valence-corrected chi connectivity index (χ0v) is 19.4. The third-order valence-corrected chi connectivity index (χ3v) is 4.88. The van der Waals surface area contributed by atoms with Crippen LogP contribution in [-0.2, 0) is 33.4 Å². The number of allylic oxidation sites excluding steroid dienone is 4. The lowest BCUT2D eigenvalue weighted by Gasteiger charge is -2.27. The van der Waals surface area contributed by atoms with Crippen molar-refractivity contribution in [2.75, 3.05) is 7.11 Å². The molecule has 0 spiro atoms. The monoisotopic (exact) mass is 446 g/mol. The molecule has 0 bridgehead atoms. The molecule has 0 aromatic rings. The van der Waals surface area contributed by atoms with E-state index in [1.807, 2.05) is 12.2 Å². The summed E-state index contributed by atoms with van der Waals surface area (Å²) in [5.74, 6) is -1.65. The third-order valence-electron chi connectivity index (χ3n) is 4.88. The van der Waals surface area contributed by atoms with Gasteiger partial charge in [0.25, 0.3) is 0 Å². The van der Waals surface area contributed by atoms with E-state index in [-0.39, 0.29) is 18.6 Å². The van der Waals surface area contributed by atoms with Crippen LogP contribution in [-0.4, -0.2) is 42.5 Å². The van der Waals surface area contributed by atoms with Crippen molar-refractivity contribution in [3.8, 4) is 0 Å². The minimum absolute atomic E-state index is 0.0794. The second kappa shape index (κ2) is 14.2. The molecule has 176 valence electrons. The molecule has 7 nitrogen and oxygen atoms in total. The fourth-order valence-electron chi connectivity index (χ4n) is 3.32. The largest absolute Gasteiger partial charge is 0.469 e. The maximum absolute atomic E-state index is 12.5. The molecule has 1 aliphatic carbocycles.